The van der Waals surface area contributed by atoms with Gasteiger partial charge in [0.05, 0.1) is 47.3 Å². The Kier molecular flexibility index (Phi) is 10.2. The summed E-state index contributed by atoms with van der Waals surface area (Å²) in [6.45, 7) is 16.8. The van der Waals surface area contributed by atoms with Crippen molar-refractivity contribution in [2.75, 3.05) is 0 Å². The first-order valence-electron chi connectivity index (χ1n) is 15.9. The van der Waals surface area contributed by atoms with Crippen molar-refractivity contribution in [1.82, 2.24) is 0 Å². The van der Waals surface area contributed by atoms with Gasteiger partial charge >= 0.3 is 11.9 Å². The van der Waals surface area contributed by atoms with Crippen LogP contribution in [0.15, 0.2) is 12.2 Å². The number of alkyl halides is 1. The van der Waals surface area contributed by atoms with E-state index in [9.17, 15) is 14.7 Å². The van der Waals surface area contributed by atoms with Crippen molar-refractivity contribution < 1.29 is 43.1 Å². The van der Waals surface area contributed by atoms with Crippen LogP contribution in [0.2, 0.25) is 0 Å². The smallest absolute Gasteiger partial charge is 0.303 e. The predicted octanol–water partition coefficient (Wildman–Crippen LogP) is 5.71. The first-order chi connectivity index (χ1) is 19.8. The molecule has 0 aromatic carbocycles. The zero-order chi connectivity index (χ0) is 32.0. The normalized spacial score (nSPS) is 41.3. The van der Waals surface area contributed by atoms with Gasteiger partial charge in [0, 0.05) is 18.7 Å². The number of hydrogen-bond donors (Lipinski definition) is 1. The van der Waals surface area contributed by atoms with Gasteiger partial charge in [0.15, 0.2) is 0 Å². The summed E-state index contributed by atoms with van der Waals surface area (Å²) in [7, 11) is 0. The molecular weight excluding hydrogens is 620 g/mol. The average molecular weight is 674 g/mol. The van der Waals surface area contributed by atoms with E-state index < -0.39 is 41.1 Å². The van der Waals surface area contributed by atoms with E-state index in [0.717, 1.165) is 32.1 Å². The highest BCUT2D eigenvalue weighted by Crippen LogP contribution is 2.48. The van der Waals surface area contributed by atoms with Crippen LogP contribution in [0.3, 0.4) is 0 Å². The second-order valence-corrected chi connectivity index (χ2v) is 15.9. The topological polar surface area (TPSA) is 110 Å². The molecule has 246 valence electrons. The van der Waals surface area contributed by atoms with Crippen LogP contribution in [0.1, 0.15) is 114 Å². The van der Waals surface area contributed by atoms with Gasteiger partial charge in [-0.05, 0) is 106 Å². The molecular formula is C33H53BrO9. The van der Waals surface area contributed by atoms with Gasteiger partial charge in [-0.1, -0.05) is 22.0 Å². The number of aliphatic hydroxyl groups is 1. The Morgan fingerprint density at radius 2 is 1.53 bits per heavy atom. The largest absolute Gasteiger partial charge is 0.457 e. The molecule has 4 saturated heterocycles. The van der Waals surface area contributed by atoms with E-state index in [0.29, 0.717) is 24.1 Å². The quantitative estimate of drug-likeness (QED) is 0.197. The number of hydrogen-bond acceptors (Lipinski definition) is 9. The lowest BCUT2D eigenvalue weighted by atomic mass is 9.76. The molecule has 4 heterocycles. The molecule has 9 nitrogen and oxygen atoms in total. The molecule has 1 N–H and O–H groups in total. The SMILES string of the molecule is CC(=O)O[C@@H](/C=C/C(O)[C@H]1CC[C@@H]2O[C@H]([C@]3(C)CC[C@@H](Br)C(C)(C)O3)CC[C@]2(C)O1)[C@@]1(C)CC[C@H](C(C)(C)OC(C)=O)O1. The van der Waals surface area contributed by atoms with Crippen molar-refractivity contribution in [2.24, 2.45) is 0 Å². The van der Waals surface area contributed by atoms with Gasteiger partial charge in [0.1, 0.15) is 17.3 Å². The monoisotopic (exact) mass is 672 g/mol. The van der Waals surface area contributed by atoms with Crippen molar-refractivity contribution in [3.05, 3.63) is 12.2 Å². The average Bonchev–Trinajstić information content (AvgIpc) is 3.31. The molecule has 4 aliphatic rings. The Labute approximate surface area is 265 Å². The molecule has 4 rings (SSSR count). The maximum atomic E-state index is 12.0. The molecule has 0 spiro atoms. The Bertz CT molecular complexity index is 1060. The van der Waals surface area contributed by atoms with Gasteiger partial charge in [0.2, 0.25) is 0 Å². The minimum atomic E-state index is -0.900. The van der Waals surface area contributed by atoms with Crippen LogP contribution in [0, 0.1) is 0 Å². The van der Waals surface area contributed by atoms with Gasteiger partial charge in [-0.2, -0.15) is 0 Å². The van der Waals surface area contributed by atoms with Crippen LogP contribution < -0.4 is 0 Å². The summed E-state index contributed by atoms with van der Waals surface area (Å²) in [5, 5.41) is 11.2. The minimum absolute atomic E-state index is 0.0129. The highest BCUT2D eigenvalue weighted by atomic mass is 79.9. The summed E-state index contributed by atoms with van der Waals surface area (Å²) in [6, 6.07) is 0. The third-order valence-corrected chi connectivity index (χ3v) is 11.7. The highest BCUT2D eigenvalue weighted by molar-refractivity contribution is 9.09. The molecule has 4 aliphatic heterocycles. The predicted molar refractivity (Wildman–Crippen MR) is 165 cm³/mol. The zero-order valence-electron chi connectivity index (χ0n) is 27.4. The van der Waals surface area contributed by atoms with E-state index in [2.05, 4.69) is 43.6 Å². The first-order valence-corrected chi connectivity index (χ1v) is 16.8. The Morgan fingerprint density at radius 3 is 2.16 bits per heavy atom. The van der Waals surface area contributed by atoms with Crippen LogP contribution in [-0.4, -0.2) is 86.5 Å². The van der Waals surface area contributed by atoms with Crippen LogP contribution in [0.25, 0.3) is 0 Å². The number of aliphatic hydroxyl groups excluding tert-OH is 1. The lowest BCUT2D eigenvalue weighted by Crippen LogP contribution is -2.62. The van der Waals surface area contributed by atoms with Crippen molar-refractivity contribution >= 4 is 27.9 Å². The summed E-state index contributed by atoms with van der Waals surface area (Å²) in [5.74, 6) is -0.821. The number of esters is 2. The molecule has 1 unspecified atom stereocenters. The van der Waals surface area contributed by atoms with Crippen LogP contribution >= 0.6 is 15.9 Å². The molecule has 0 saturated carbocycles. The van der Waals surface area contributed by atoms with Crippen molar-refractivity contribution in [1.29, 1.82) is 0 Å². The highest BCUT2D eigenvalue weighted by Gasteiger charge is 2.54. The van der Waals surface area contributed by atoms with E-state index in [1.54, 1.807) is 12.2 Å². The summed E-state index contributed by atoms with van der Waals surface area (Å²) in [5.41, 5.74) is -2.82. The van der Waals surface area contributed by atoms with E-state index in [-0.39, 0.29) is 35.5 Å². The molecule has 43 heavy (non-hydrogen) atoms. The zero-order valence-corrected chi connectivity index (χ0v) is 29.0. The molecule has 0 bridgehead atoms. The van der Waals surface area contributed by atoms with Gasteiger partial charge in [-0.3, -0.25) is 9.59 Å². The van der Waals surface area contributed by atoms with Crippen molar-refractivity contribution in [3.63, 3.8) is 0 Å². The van der Waals surface area contributed by atoms with E-state index in [1.807, 2.05) is 20.8 Å². The van der Waals surface area contributed by atoms with E-state index >= 15 is 0 Å². The van der Waals surface area contributed by atoms with Gasteiger partial charge in [-0.25, -0.2) is 0 Å². The van der Waals surface area contributed by atoms with E-state index in [4.69, 9.17) is 28.4 Å². The fourth-order valence-electron chi connectivity index (χ4n) is 7.49. The fourth-order valence-corrected chi connectivity index (χ4v) is 7.81. The Balaban J connectivity index is 1.39. The summed E-state index contributed by atoms with van der Waals surface area (Å²) in [4.78, 5) is 24.0. The Morgan fingerprint density at radius 1 is 0.884 bits per heavy atom. The minimum Gasteiger partial charge on any atom is -0.457 e. The maximum Gasteiger partial charge on any atom is 0.303 e. The number of carbonyl (C=O) groups excluding carboxylic acids is 2. The summed E-state index contributed by atoms with van der Waals surface area (Å²) < 4.78 is 37.5. The molecule has 0 radical (unpaired) electrons. The third-order valence-electron chi connectivity index (χ3n) is 10.1. The number of ether oxygens (including phenoxy) is 6. The summed E-state index contributed by atoms with van der Waals surface area (Å²) >= 11 is 3.78. The molecule has 4 fully saturated rings. The number of halogens is 1. The van der Waals surface area contributed by atoms with Gasteiger partial charge < -0.3 is 33.5 Å². The number of carbonyl (C=O) groups is 2. The lowest BCUT2D eigenvalue weighted by molar-refractivity contribution is -0.292. The van der Waals surface area contributed by atoms with Crippen LogP contribution in [0.4, 0.5) is 0 Å². The maximum absolute atomic E-state index is 12.0. The van der Waals surface area contributed by atoms with Gasteiger partial charge in [0.25, 0.3) is 0 Å². The molecule has 0 amide bonds. The first kappa shape index (κ1) is 34.8. The molecule has 0 aromatic rings. The number of rotatable bonds is 8. The van der Waals surface area contributed by atoms with Crippen LogP contribution in [-0.2, 0) is 38.0 Å². The van der Waals surface area contributed by atoms with Gasteiger partial charge in [-0.15, -0.1) is 0 Å². The summed E-state index contributed by atoms with van der Waals surface area (Å²) in [6.07, 6.45) is 7.08. The standard InChI is InChI=1S/C33H53BrO9/c1-20(35)38-26(32(8)18-15-25(42-32)30(5,6)40-21(2)36)12-10-22(37)23-11-13-27-31(7,41-23)19-16-28(39-27)33(9)17-14-24(34)29(3,4)43-33/h10,12,22-28,37H,11,13-19H2,1-9H3/b12-10+/t22?,23-,24-,25-,26+,27+,28+,31+,32-,33+/m1/s1. The Hall–Kier alpha value is -1.04. The second kappa shape index (κ2) is 12.6. The van der Waals surface area contributed by atoms with Crippen molar-refractivity contribution in [2.45, 2.75) is 183 Å². The fraction of sp³-hybridized carbons (Fsp3) is 0.879. The lowest BCUT2D eigenvalue weighted by Gasteiger charge is -2.55. The molecule has 0 aliphatic carbocycles. The van der Waals surface area contributed by atoms with Crippen molar-refractivity contribution in [3.8, 4) is 0 Å². The molecule has 10 heteroatoms. The van der Waals surface area contributed by atoms with Crippen LogP contribution in [0.5, 0.6) is 0 Å². The number of fused-ring (bicyclic) bond motifs is 1. The molecule has 10 atom stereocenters. The third kappa shape index (κ3) is 7.68. The molecule has 0 aromatic heterocycles. The second-order valence-electron chi connectivity index (χ2n) is 14.8. The van der Waals surface area contributed by atoms with E-state index in [1.165, 1.54) is 13.8 Å².